The molecule has 4 aromatic carbocycles. The zero-order valence-corrected chi connectivity index (χ0v) is 23.4. The summed E-state index contributed by atoms with van der Waals surface area (Å²) in [6.45, 7) is 3.79. The average molecular weight is 559 g/mol. The van der Waals surface area contributed by atoms with Crippen molar-refractivity contribution < 1.29 is 27.5 Å². The van der Waals surface area contributed by atoms with Crippen molar-refractivity contribution >= 4 is 33.3 Å². The van der Waals surface area contributed by atoms with E-state index in [1.165, 1.54) is 38.4 Å². The van der Waals surface area contributed by atoms with Crippen LogP contribution in [0.1, 0.15) is 33.2 Å². The highest BCUT2D eigenvalue weighted by Gasteiger charge is 2.28. The summed E-state index contributed by atoms with van der Waals surface area (Å²) >= 11 is 0. The SMILES string of the molecule is COc1ccccc1N(C)S(=O)(=O)c1ccc(C(=O)O[C@@H](C(=O)Nc2cc(C)ccc2C)c2ccccc2)cc1. The fraction of sp³-hybridized carbons (Fsp3) is 0.161. The molecule has 0 fully saturated rings. The number of amides is 1. The summed E-state index contributed by atoms with van der Waals surface area (Å²) < 4.78 is 38.6. The molecule has 0 unspecified atom stereocenters. The van der Waals surface area contributed by atoms with Crippen molar-refractivity contribution in [3.63, 3.8) is 0 Å². The number of anilines is 2. The van der Waals surface area contributed by atoms with Crippen LogP contribution in [0.2, 0.25) is 0 Å². The van der Waals surface area contributed by atoms with E-state index >= 15 is 0 Å². The summed E-state index contributed by atoms with van der Waals surface area (Å²) in [7, 11) is -1.06. The highest BCUT2D eigenvalue weighted by molar-refractivity contribution is 7.92. The number of para-hydroxylation sites is 2. The minimum atomic E-state index is -3.95. The molecule has 0 heterocycles. The van der Waals surface area contributed by atoms with Crippen molar-refractivity contribution in [3.8, 4) is 5.75 Å². The monoisotopic (exact) mass is 558 g/mol. The van der Waals surface area contributed by atoms with Crippen LogP contribution < -0.4 is 14.4 Å². The van der Waals surface area contributed by atoms with Crippen molar-refractivity contribution in [1.82, 2.24) is 0 Å². The summed E-state index contributed by atoms with van der Waals surface area (Å²) in [6, 6.07) is 26.5. The maximum atomic E-state index is 13.3. The van der Waals surface area contributed by atoms with E-state index in [1.807, 2.05) is 32.0 Å². The normalized spacial score (nSPS) is 11.8. The second kappa shape index (κ2) is 12.0. The van der Waals surface area contributed by atoms with Gasteiger partial charge in [0.1, 0.15) is 5.75 Å². The van der Waals surface area contributed by atoms with Gasteiger partial charge in [0, 0.05) is 18.3 Å². The molecule has 0 bridgehead atoms. The van der Waals surface area contributed by atoms with Gasteiger partial charge in [0.15, 0.2) is 0 Å². The Morgan fingerprint density at radius 1 is 0.850 bits per heavy atom. The van der Waals surface area contributed by atoms with E-state index in [0.29, 0.717) is 22.7 Å². The average Bonchev–Trinajstić information content (AvgIpc) is 2.97. The van der Waals surface area contributed by atoms with Gasteiger partial charge in [0.05, 0.1) is 23.3 Å². The van der Waals surface area contributed by atoms with Crippen LogP contribution in [0.25, 0.3) is 0 Å². The first-order valence-electron chi connectivity index (χ1n) is 12.5. The van der Waals surface area contributed by atoms with E-state index in [1.54, 1.807) is 54.6 Å². The van der Waals surface area contributed by atoms with Crippen LogP contribution in [0.3, 0.4) is 0 Å². The van der Waals surface area contributed by atoms with Gasteiger partial charge in [0.25, 0.3) is 15.9 Å². The van der Waals surface area contributed by atoms with Gasteiger partial charge < -0.3 is 14.8 Å². The Hall–Kier alpha value is -4.63. The lowest BCUT2D eigenvalue weighted by Crippen LogP contribution is -2.27. The Bertz CT molecular complexity index is 1620. The number of ether oxygens (including phenoxy) is 2. The molecule has 0 saturated heterocycles. The lowest BCUT2D eigenvalue weighted by Gasteiger charge is -2.22. The lowest BCUT2D eigenvalue weighted by molar-refractivity contribution is -0.125. The highest BCUT2D eigenvalue weighted by Crippen LogP contribution is 2.31. The molecule has 1 amide bonds. The molecule has 40 heavy (non-hydrogen) atoms. The van der Waals surface area contributed by atoms with Crippen LogP contribution >= 0.6 is 0 Å². The molecule has 0 aliphatic heterocycles. The largest absolute Gasteiger partial charge is 0.495 e. The van der Waals surface area contributed by atoms with Crippen molar-refractivity contribution in [2.45, 2.75) is 24.8 Å². The number of carbonyl (C=O) groups excluding carboxylic acids is 2. The second-order valence-corrected chi connectivity index (χ2v) is 11.1. The van der Waals surface area contributed by atoms with Gasteiger partial charge in [-0.25, -0.2) is 13.2 Å². The van der Waals surface area contributed by atoms with E-state index in [9.17, 15) is 18.0 Å². The van der Waals surface area contributed by atoms with E-state index in [4.69, 9.17) is 9.47 Å². The van der Waals surface area contributed by atoms with E-state index in [2.05, 4.69) is 5.32 Å². The standard InChI is InChI=1S/C31H30N2O6S/c1-21-14-15-22(2)26(20-21)32-30(34)29(23-10-6-5-7-11-23)39-31(35)24-16-18-25(19-17-24)40(36,37)33(3)27-12-8-9-13-28(27)38-4/h5-20,29H,1-4H3,(H,32,34)/t29-/m1/s1. The summed E-state index contributed by atoms with van der Waals surface area (Å²) in [5.41, 5.74) is 3.42. The highest BCUT2D eigenvalue weighted by atomic mass is 32.2. The molecule has 4 rings (SSSR count). The Morgan fingerprint density at radius 3 is 2.17 bits per heavy atom. The Balaban J connectivity index is 1.56. The molecule has 0 aliphatic carbocycles. The first-order valence-corrected chi connectivity index (χ1v) is 13.9. The summed E-state index contributed by atoms with van der Waals surface area (Å²) in [5, 5.41) is 2.86. The number of nitrogens with zero attached hydrogens (tertiary/aromatic N) is 1. The van der Waals surface area contributed by atoms with Crippen LogP contribution in [0, 0.1) is 13.8 Å². The van der Waals surface area contributed by atoms with Gasteiger partial charge in [-0.1, -0.05) is 54.6 Å². The molecule has 0 aromatic heterocycles. The molecular weight excluding hydrogens is 528 g/mol. The maximum absolute atomic E-state index is 13.3. The zero-order valence-electron chi connectivity index (χ0n) is 22.6. The van der Waals surface area contributed by atoms with Crippen molar-refractivity contribution in [1.29, 1.82) is 0 Å². The predicted octanol–water partition coefficient (Wildman–Crippen LogP) is 5.67. The minimum absolute atomic E-state index is 0.0234. The summed E-state index contributed by atoms with van der Waals surface area (Å²) in [6.07, 6.45) is -1.23. The first-order chi connectivity index (χ1) is 19.1. The van der Waals surface area contributed by atoms with Crippen LogP contribution in [0.15, 0.2) is 102 Å². The molecule has 0 radical (unpaired) electrons. The molecular formula is C31H30N2O6S. The van der Waals surface area contributed by atoms with Crippen LogP contribution in [0.4, 0.5) is 11.4 Å². The van der Waals surface area contributed by atoms with E-state index < -0.39 is 28.0 Å². The van der Waals surface area contributed by atoms with Crippen LogP contribution in [-0.2, 0) is 19.6 Å². The molecule has 1 atom stereocenters. The number of methoxy groups -OCH3 is 1. The summed E-state index contributed by atoms with van der Waals surface area (Å²) in [5.74, 6) is -0.877. The quantitative estimate of drug-likeness (QED) is 0.266. The molecule has 8 nitrogen and oxygen atoms in total. The minimum Gasteiger partial charge on any atom is -0.495 e. The second-order valence-electron chi connectivity index (χ2n) is 9.17. The Kier molecular flexibility index (Phi) is 8.55. The molecule has 206 valence electrons. The fourth-order valence-corrected chi connectivity index (χ4v) is 5.29. The number of hydrogen-bond donors (Lipinski definition) is 1. The topological polar surface area (TPSA) is 102 Å². The smallest absolute Gasteiger partial charge is 0.339 e. The number of sulfonamides is 1. The molecule has 0 saturated carbocycles. The number of hydrogen-bond acceptors (Lipinski definition) is 6. The van der Waals surface area contributed by atoms with Gasteiger partial charge in [-0.3, -0.25) is 9.10 Å². The van der Waals surface area contributed by atoms with Gasteiger partial charge >= 0.3 is 5.97 Å². The molecule has 4 aromatic rings. The van der Waals surface area contributed by atoms with Gasteiger partial charge in [-0.15, -0.1) is 0 Å². The first kappa shape index (κ1) is 28.4. The van der Waals surface area contributed by atoms with Gasteiger partial charge in [-0.05, 0) is 67.4 Å². The number of carbonyl (C=O) groups is 2. The van der Waals surface area contributed by atoms with Crippen LogP contribution in [0.5, 0.6) is 5.75 Å². The third-order valence-electron chi connectivity index (χ3n) is 6.39. The van der Waals surface area contributed by atoms with Gasteiger partial charge in [-0.2, -0.15) is 0 Å². The molecule has 1 N–H and O–H groups in total. The van der Waals surface area contributed by atoms with Crippen molar-refractivity contribution in [3.05, 3.63) is 119 Å². The zero-order chi connectivity index (χ0) is 28.9. The lowest BCUT2D eigenvalue weighted by atomic mass is 10.1. The number of benzene rings is 4. The molecule has 0 aliphatic rings. The molecule has 0 spiro atoms. The predicted molar refractivity (Wildman–Crippen MR) is 154 cm³/mol. The van der Waals surface area contributed by atoms with Crippen molar-refractivity contribution in [2.24, 2.45) is 0 Å². The number of nitrogens with one attached hydrogen (secondary N) is 1. The van der Waals surface area contributed by atoms with Gasteiger partial charge in [0.2, 0.25) is 6.10 Å². The summed E-state index contributed by atoms with van der Waals surface area (Å²) in [4.78, 5) is 26.4. The maximum Gasteiger partial charge on any atom is 0.339 e. The third-order valence-corrected chi connectivity index (χ3v) is 8.17. The van der Waals surface area contributed by atoms with E-state index in [-0.39, 0.29) is 10.5 Å². The Labute approximate surface area is 234 Å². The van der Waals surface area contributed by atoms with Crippen molar-refractivity contribution in [2.75, 3.05) is 23.8 Å². The molecule has 9 heteroatoms. The fourth-order valence-electron chi connectivity index (χ4n) is 4.09. The van der Waals surface area contributed by atoms with Crippen LogP contribution in [-0.4, -0.2) is 34.5 Å². The number of esters is 1. The third kappa shape index (κ3) is 6.16. The number of rotatable bonds is 9. The van der Waals surface area contributed by atoms with E-state index in [0.717, 1.165) is 15.4 Å². The Morgan fingerprint density at radius 2 is 1.50 bits per heavy atom. The number of aryl methyl sites for hydroxylation is 2.